The van der Waals surface area contributed by atoms with E-state index in [0.29, 0.717) is 28.6 Å². The zero-order valence-electron chi connectivity index (χ0n) is 11.7. The number of hydrogen-bond donors (Lipinski definition) is 0. The maximum absolute atomic E-state index is 13.3. The maximum atomic E-state index is 13.3. The molecule has 0 fully saturated rings. The molecular weight excluding hydrogens is 263 g/mol. The van der Waals surface area contributed by atoms with Gasteiger partial charge in [0.05, 0.1) is 7.11 Å². The van der Waals surface area contributed by atoms with E-state index in [-0.39, 0.29) is 12.4 Å². The van der Waals surface area contributed by atoms with Crippen molar-refractivity contribution in [3.8, 4) is 11.5 Å². The van der Waals surface area contributed by atoms with Gasteiger partial charge < -0.3 is 9.47 Å². The molecule has 5 nitrogen and oxygen atoms in total. The lowest BCUT2D eigenvalue weighted by Gasteiger charge is -2.13. The molecule has 0 aliphatic rings. The van der Waals surface area contributed by atoms with Crippen molar-refractivity contribution in [3.63, 3.8) is 0 Å². The first-order valence-electron chi connectivity index (χ1n) is 5.92. The van der Waals surface area contributed by atoms with Crippen molar-refractivity contribution in [1.82, 2.24) is 5.12 Å². The molecule has 0 aliphatic carbocycles. The van der Waals surface area contributed by atoms with E-state index in [9.17, 15) is 9.28 Å². The minimum absolute atomic E-state index is 0.0587. The standard InChI is InChI=1S/C14H17FN2O3/c1-11(7-8-18)16-14(17(2)15)10-20-13-6-4-5-12(9-13)19-3/h4-9H,10H2,1-3H3/b11-7-,16-14?. The van der Waals surface area contributed by atoms with Gasteiger partial charge in [-0.25, -0.2) is 4.99 Å². The van der Waals surface area contributed by atoms with Crippen molar-refractivity contribution in [1.29, 1.82) is 0 Å². The van der Waals surface area contributed by atoms with Crippen molar-refractivity contribution >= 4 is 12.1 Å². The molecule has 0 N–H and O–H groups in total. The van der Waals surface area contributed by atoms with E-state index in [0.717, 1.165) is 0 Å². The number of methoxy groups -OCH3 is 1. The molecule has 0 atom stereocenters. The molecule has 0 amide bonds. The van der Waals surface area contributed by atoms with Crippen LogP contribution in [0, 0.1) is 0 Å². The third kappa shape index (κ3) is 5.09. The molecule has 6 heteroatoms. The summed E-state index contributed by atoms with van der Waals surface area (Å²) in [4.78, 5) is 14.3. The van der Waals surface area contributed by atoms with E-state index in [2.05, 4.69) is 4.99 Å². The van der Waals surface area contributed by atoms with Gasteiger partial charge in [0.15, 0.2) is 5.84 Å². The van der Waals surface area contributed by atoms with Crippen LogP contribution in [-0.2, 0) is 4.79 Å². The summed E-state index contributed by atoms with van der Waals surface area (Å²) in [6, 6.07) is 6.96. The molecule has 0 saturated carbocycles. The van der Waals surface area contributed by atoms with Crippen LogP contribution in [0.1, 0.15) is 6.92 Å². The van der Waals surface area contributed by atoms with E-state index in [1.54, 1.807) is 38.3 Å². The average molecular weight is 280 g/mol. The topological polar surface area (TPSA) is 51.1 Å². The Kier molecular flexibility index (Phi) is 6.22. The van der Waals surface area contributed by atoms with Crippen molar-refractivity contribution in [2.45, 2.75) is 6.92 Å². The summed E-state index contributed by atoms with van der Waals surface area (Å²) in [6.07, 6.45) is 1.84. The maximum Gasteiger partial charge on any atom is 0.171 e. The Balaban J connectivity index is 2.77. The highest BCUT2D eigenvalue weighted by atomic mass is 19.2. The van der Waals surface area contributed by atoms with Crippen LogP contribution in [0.15, 0.2) is 41.0 Å². The lowest BCUT2D eigenvalue weighted by molar-refractivity contribution is -0.104. The summed E-state index contributed by atoms with van der Waals surface area (Å²) in [5.41, 5.74) is 0.397. The van der Waals surface area contributed by atoms with E-state index < -0.39 is 0 Å². The van der Waals surface area contributed by atoms with Crippen molar-refractivity contribution < 1.29 is 18.7 Å². The summed E-state index contributed by atoms with van der Waals surface area (Å²) in [5, 5.41) is 0.350. The predicted octanol–water partition coefficient (Wildman–Crippen LogP) is 2.39. The van der Waals surface area contributed by atoms with Gasteiger partial charge in [0.2, 0.25) is 0 Å². The second-order valence-electron chi connectivity index (χ2n) is 3.92. The van der Waals surface area contributed by atoms with Gasteiger partial charge >= 0.3 is 0 Å². The smallest absolute Gasteiger partial charge is 0.171 e. The number of allylic oxidation sites excluding steroid dienone is 2. The predicted molar refractivity (Wildman–Crippen MR) is 74.6 cm³/mol. The molecule has 20 heavy (non-hydrogen) atoms. The van der Waals surface area contributed by atoms with Gasteiger partial charge in [-0.1, -0.05) is 10.5 Å². The summed E-state index contributed by atoms with van der Waals surface area (Å²) in [5.74, 6) is 1.24. The molecule has 0 unspecified atom stereocenters. The van der Waals surface area contributed by atoms with Crippen LogP contribution in [0.25, 0.3) is 0 Å². The molecule has 0 bridgehead atoms. The number of rotatable bonds is 6. The van der Waals surface area contributed by atoms with Crippen LogP contribution in [0.5, 0.6) is 11.5 Å². The summed E-state index contributed by atoms with van der Waals surface area (Å²) >= 11 is 0. The van der Waals surface area contributed by atoms with Crippen molar-refractivity contribution in [3.05, 3.63) is 36.0 Å². The molecule has 0 aromatic heterocycles. The summed E-state index contributed by atoms with van der Waals surface area (Å²) in [6.45, 7) is 1.54. The van der Waals surface area contributed by atoms with E-state index in [4.69, 9.17) is 9.47 Å². The number of hydrogen-bond acceptors (Lipinski definition) is 4. The lowest BCUT2D eigenvalue weighted by Crippen LogP contribution is -2.25. The molecule has 108 valence electrons. The Morgan fingerprint density at radius 3 is 2.75 bits per heavy atom. The lowest BCUT2D eigenvalue weighted by atomic mass is 10.3. The van der Waals surface area contributed by atoms with Crippen molar-refractivity contribution in [2.75, 3.05) is 20.8 Å². The van der Waals surface area contributed by atoms with Crippen LogP contribution >= 0.6 is 0 Å². The van der Waals surface area contributed by atoms with Gasteiger partial charge in [0, 0.05) is 18.8 Å². The molecule has 1 aromatic carbocycles. The molecule has 0 saturated heterocycles. The number of carbonyl (C=O) groups is 1. The van der Waals surface area contributed by atoms with Gasteiger partial charge in [-0.15, -0.1) is 0 Å². The Bertz CT molecular complexity index is 513. The third-order valence-electron chi connectivity index (χ3n) is 2.38. The first-order chi connectivity index (χ1) is 9.56. The number of aldehydes is 1. The fraction of sp³-hybridized carbons (Fsp3) is 0.286. The summed E-state index contributed by atoms with van der Waals surface area (Å²) < 4.78 is 23.8. The Morgan fingerprint density at radius 2 is 2.15 bits per heavy atom. The minimum atomic E-state index is -0.0653. The molecule has 0 radical (unpaired) electrons. The molecular formula is C14H17FN2O3. The van der Waals surface area contributed by atoms with Crippen molar-refractivity contribution in [2.24, 2.45) is 4.99 Å². The van der Waals surface area contributed by atoms with Gasteiger partial charge in [-0.05, 0) is 25.1 Å². The highest BCUT2D eigenvalue weighted by Gasteiger charge is 2.07. The van der Waals surface area contributed by atoms with E-state index in [1.165, 1.54) is 13.1 Å². The van der Waals surface area contributed by atoms with Crippen LogP contribution in [0.3, 0.4) is 0 Å². The number of benzene rings is 1. The van der Waals surface area contributed by atoms with Crippen LogP contribution in [0.4, 0.5) is 4.48 Å². The number of amidine groups is 1. The van der Waals surface area contributed by atoms with Gasteiger partial charge in [-0.2, -0.15) is 5.12 Å². The highest BCUT2D eigenvalue weighted by molar-refractivity contribution is 5.84. The first-order valence-corrected chi connectivity index (χ1v) is 5.92. The number of nitrogens with zero attached hydrogens (tertiary/aromatic N) is 2. The Labute approximate surface area is 117 Å². The van der Waals surface area contributed by atoms with Crippen LogP contribution < -0.4 is 9.47 Å². The van der Waals surface area contributed by atoms with Gasteiger partial charge in [0.1, 0.15) is 24.4 Å². The van der Waals surface area contributed by atoms with E-state index in [1.807, 2.05) is 0 Å². The number of ether oxygens (including phenoxy) is 2. The highest BCUT2D eigenvalue weighted by Crippen LogP contribution is 2.18. The fourth-order valence-corrected chi connectivity index (χ4v) is 1.37. The molecule has 0 spiro atoms. The Morgan fingerprint density at radius 1 is 1.45 bits per heavy atom. The van der Waals surface area contributed by atoms with Gasteiger partial charge in [0.25, 0.3) is 0 Å². The second-order valence-corrected chi connectivity index (χ2v) is 3.92. The third-order valence-corrected chi connectivity index (χ3v) is 2.38. The average Bonchev–Trinajstić information content (AvgIpc) is 2.43. The number of aliphatic imine (C=N–C) groups is 1. The zero-order chi connectivity index (χ0) is 15.0. The zero-order valence-corrected chi connectivity index (χ0v) is 11.7. The normalized spacial score (nSPS) is 12.0. The largest absolute Gasteiger partial charge is 0.497 e. The molecule has 0 heterocycles. The summed E-state index contributed by atoms with van der Waals surface area (Å²) in [7, 11) is 2.76. The molecule has 0 aliphatic heterocycles. The Hall–Kier alpha value is -2.37. The SMILES string of the molecule is COc1cccc(OCC(=N/C(C)=C\C=O)N(C)F)c1. The number of carbonyl (C=O) groups excluding carboxylic acids is 1. The number of likely N-dealkylation sites (N-methyl/N-ethyl adjacent to an activating group) is 1. The molecule has 1 rings (SSSR count). The first kappa shape index (κ1) is 15.7. The van der Waals surface area contributed by atoms with E-state index >= 15 is 0 Å². The van der Waals surface area contributed by atoms with Gasteiger partial charge in [-0.3, -0.25) is 4.79 Å². The van der Waals surface area contributed by atoms with Crippen LogP contribution in [0.2, 0.25) is 0 Å². The number of halogens is 1. The second kappa shape index (κ2) is 7.93. The van der Waals surface area contributed by atoms with Crippen LogP contribution in [-0.4, -0.2) is 38.0 Å². The monoisotopic (exact) mass is 280 g/mol. The quantitative estimate of drug-likeness (QED) is 0.264. The minimum Gasteiger partial charge on any atom is -0.497 e. The molecule has 1 aromatic rings. The fourth-order valence-electron chi connectivity index (χ4n) is 1.37.